The van der Waals surface area contributed by atoms with Gasteiger partial charge in [0.1, 0.15) is 11.9 Å². The standard InChI is InChI=1S/C25H26BrFN2O3/c1-24(2)21(25(24,3)4)23(32)28(14-15-5-9-17(27)10-6-15)19-13-20(30)29(22(19)31)18-11-7-16(26)8-12-18/h5-12,19,21H,13-14H2,1-4H3. The Balaban J connectivity index is 1.67. The van der Waals surface area contributed by atoms with Crippen LogP contribution >= 0.6 is 15.9 Å². The van der Waals surface area contributed by atoms with Crippen molar-refractivity contribution in [2.45, 2.75) is 46.7 Å². The number of halogens is 2. The zero-order valence-corrected chi connectivity index (χ0v) is 20.1. The Kier molecular flexibility index (Phi) is 5.52. The smallest absolute Gasteiger partial charge is 0.257 e. The number of amides is 3. The molecule has 32 heavy (non-hydrogen) atoms. The monoisotopic (exact) mass is 500 g/mol. The first-order chi connectivity index (χ1) is 14.9. The van der Waals surface area contributed by atoms with Gasteiger partial charge in [0.25, 0.3) is 5.91 Å². The maximum absolute atomic E-state index is 13.7. The molecule has 0 aromatic heterocycles. The Hall–Kier alpha value is -2.54. The summed E-state index contributed by atoms with van der Waals surface area (Å²) in [5.74, 6) is -1.53. The van der Waals surface area contributed by atoms with Crippen molar-refractivity contribution in [3.05, 3.63) is 64.4 Å². The fourth-order valence-electron chi connectivity index (χ4n) is 4.83. The zero-order chi connectivity index (χ0) is 23.4. The summed E-state index contributed by atoms with van der Waals surface area (Å²) in [4.78, 5) is 42.6. The molecule has 2 aliphatic rings. The minimum atomic E-state index is -0.893. The number of hydrogen-bond donors (Lipinski definition) is 0. The second kappa shape index (κ2) is 7.80. The van der Waals surface area contributed by atoms with E-state index in [2.05, 4.69) is 15.9 Å². The van der Waals surface area contributed by atoms with Crippen molar-refractivity contribution in [3.8, 4) is 0 Å². The summed E-state index contributed by atoms with van der Waals surface area (Å²) in [6, 6.07) is 11.9. The van der Waals surface area contributed by atoms with Gasteiger partial charge in [0.15, 0.2) is 0 Å². The lowest BCUT2D eigenvalue weighted by Crippen LogP contribution is -2.46. The van der Waals surface area contributed by atoms with Gasteiger partial charge in [0.05, 0.1) is 12.1 Å². The van der Waals surface area contributed by atoms with E-state index < -0.39 is 11.9 Å². The van der Waals surface area contributed by atoms with Crippen molar-refractivity contribution in [2.24, 2.45) is 16.7 Å². The number of benzene rings is 2. The summed E-state index contributed by atoms with van der Waals surface area (Å²) < 4.78 is 14.3. The maximum Gasteiger partial charge on any atom is 0.257 e. The Morgan fingerprint density at radius 1 is 1.03 bits per heavy atom. The van der Waals surface area contributed by atoms with Crippen LogP contribution in [0.15, 0.2) is 53.0 Å². The molecular weight excluding hydrogens is 475 g/mol. The van der Waals surface area contributed by atoms with E-state index in [0.29, 0.717) is 11.3 Å². The van der Waals surface area contributed by atoms with Crippen LogP contribution in [0.4, 0.5) is 10.1 Å². The minimum Gasteiger partial charge on any atom is -0.325 e. The van der Waals surface area contributed by atoms with Crippen LogP contribution in [0, 0.1) is 22.6 Å². The topological polar surface area (TPSA) is 57.7 Å². The molecule has 1 saturated carbocycles. The molecule has 1 aliphatic carbocycles. The lowest BCUT2D eigenvalue weighted by Gasteiger charge is -2.29. The van der Waals surface area contributed by atoms with E-state index in [-0.39, 0.29) is 47.3 Å². The molecule has 3 amide bonds. The van der Waals surface area contributed by atoms with Gasteiger partial charge in [-0.2, -0.15) is 0 Å². The van der Waals surface area contributed by atoms with E-state index in [0.717, 1.165) is 9.37 Å². The SMILES string of the molecule is CC1(C)C(C(=O)N(Cc2ccc(F)cc2)C2CC(=O)N(c3ccc(Br)cc3)C2=O)C1(C)C. The van der Waals surface area contributed by atoms with Gasteiger partial charge in [0, 0.05) is 16.9 Å². The fourth-order valence-corrected chi connectivity index (χ4v) is 5.09. The molecule has 1 unspecified atom stereocenters. The molecule has 0 radical (unpaired) electrons. The third-order valence-corrected chi connectivity index (χ3v) is 7.93. The Morgan fingerprint density at radius 3 is 2.12 bits per heavy atom. The van der Waals surface area contributed by atoms with Crippen LogP contribution in [-0.4, -0.2) is 28.7 Å². The third-order valence-electron chi connectivity index (χ3n) is 7.40. The number of carbonyl (C=O) groups is 3. The van der Waals surface area contributed by atoms with Crippen molar-refractivity contribution in [1.29, 1.82) is 0 Å². The Labute approximate surface area is 195 Å². The summed E-state index contributed by atoms with van der Waals surface area (Å²) in [6.45, 7) is 8.31. The normalized spacial score (nSPS) is 21.7. The Bertz CT molecular complexity index is 1070. The van der Waals surface area contributed by atoms with E-state index in [1.165, 1.54) is 17.0 Å². The van der Waals surface area contributed by atoms with Gasteiger partial charge >= 0.3 is 0 Å². The average Bonchev–Trinajstić information content (AvgIpc) is 2.96. The summed E-state index contributed by atoms with van der Waals surface area (Å²) >= 11 is 3.36. The molecule has 1 aliphatic heterocycles. The zero-order valence-electron chi connectivity index (χ0n) is 18.6. The molecule has 2 aromatic carbocycles. The first kappa shape index (κ1) is 22.6. The Morgan fingerprint density at radius 2 is 1.59 bits per heavy atom. The molecule has 5 nitrogen and oxygen atoms in total. The van der Waals surface area contributed by atoms with Crippen LogP contribution in [0.3, 0.4) is 0 Å². The largest absolute Gasteiger partial charge is 0.325 e. The van der Waals surface area contributed by atoms with E-state index >= 15 is 0 Å². The lowest BCUT2D eigenvalue weighted by molar-refractivity contribution is -0.141. The molecule has 0 N–H and O–H groups in total. The highest BCUT2D eigenvalue weighted by Crippen LogP contribution is 2.69. The highest BCUT2D eigenvalue weighted by atomic mass is 79.9. The first-order valence-corrected chi connectivity index (χ1v) is 11.4. The molecule has 4 rings (SSSR count). The van der Waals surface area contributed by atoms with Crippen molar-refractivity contribution in [2.75, 3.05) is 4.90 Å². The molecule has 1 heterocycles. The number of rotatable bonds is 5. The van der Waals surface area contributed by atoms with Crippen LogP contribution in [0.25, 0.3) is 0 Å². The van der Waals surface area contributed by atoms with Crippen LogP contribution in [0.1, 0.15) is 39.7 Å². The van der Waals surface area contributed by atoms with Gasteiger partial charge < -0.3 is 4.90 Å². The van der Waals surface area contributed by atoms with E-state index in [9.17, 15) is 18.8 Å². The number of anilines is 1. The third kappa shape index (κ3) is 3.66. The van der Waals surface area contributed by atoms with Gasteiger partial charge in [-0.15, -0.1) is 0 Å². The maximum atomic E-state index is 13.7. The molecule has 2 fully saturated rings. The molecule has 0 spiro atoms. The lowest BCUT2D eigenvalue weighted by atomic mass is 10.0. The number of imide groups is 1. The molecular formula is C25H26BrFN2O3. The van der Waals surface area contributed by atoms with Gasteiger partial charge in [0.2, 0.25) is 11.8 Å². The molecule has 168 valence electrons. The molecule has 1 atom stereocenters. The predicted molar refractivity (Wildman–Crippen MR) is 123 cm³/mol. The second-order valence-electron chi connectivity index (χ2n) is 9.73. The van der Waals surface area contributed by atoms with Crippen LogP contribution < -0.4 is 4.90 Å². The van der Waals surface area contributed by atoms with Crippen molar-refractivity contribution < 1.29 is 18.8 Å². The highest BCUT2D eigenvalue weighted by Gasteiger charge is 2.69. The van der Waals surface area contributed by atoms with Crippen molar-refractivity contribution in [1.82, 2.24) is 4.90 Å². The van der Waals surface area contributed by atoms with Crippen molar-refractivity contribution in [3.63, 3.8) is 0 Å². The van der Waals surface area contributed by atoms with E-state index in [1.807, 2.05) is 27.7 Å². The van der Waals surface area contributed by atoms with Crippen molar-refractivity contribution >= 4 is 39.3 Å². The molecule has 1 saturated heterocycles. The van der Waals surface area contributed by atoms with Crippen LogP contribution in [0.5, 0.6) is 0 Å². The second-order valence-corrected chi connectivity index (χ2v) is 10.6. The fraction of sp³-hybridized carbons (Fsp3) is 0.400. The van der Waals surface area contributed by atoms with Crippen LogP contribution in [-0.2, 0) is 20.9 Å². The number of nitrogens with zero attached hydrogens (tertiary/aromatic N) is 2. The molecule has 2 aromatic rings. The van der Waals surface area contributed by atoms with E-state index in [4.69, 9.17) is 0 Å². The highest BCUT2D eigenvalue weighted by molar-refractivity contribution is 9.10. The quantitative estimate of drug-likeness (QED) is 0.546. The first-order valence-electron chi connectivity index (χ1n) is 10.6. The van der Waals surface area contributed by atoms with E-state index in [1.54, 1.807) is 36.4 Å². The molecule has 0 bridgehead atoms. The summed E-state index contributed by atoms with van der Waals surface area (Å²) in [6.07, 6.45) is -0.0740. The molecule has 7 heteroatoms. The van der Waals surface area contributed by atoms with Gasteiger partial charge in [-0.1, -0.05) is 55.8 Å². The average molecular weight is 501 g/mol. The minimum absolute atomic E-state index is 0.0740. The predicted octanol–water partition coefficient (Wildman–Crippen LogP) is 4.93. The number of hydrogen-bond acceptors (Lipinski definition) is 3. The van der Waals surface area contributed by atoms with Gasteiger partial charge in [-0.05, 0) is 52.8 Å². The summed E-state index contributed by atoms with van der Waals surface area (Å²) in [5.41, 5.74) is 0.745. The van der Waals surface area contributed by atoms with Gasteiger partial charge in [-0.25, -0.2) is 9.29 Å². The van der Waals surface area contributed by atoms with Gasteiger partial charge in [-0.3, -0.25) is 14.4 Å². The summed E-state index contributed by atoms with van der Waals surface area (Å²) in [5, 5.41) is 0. The van der Waals surface area contributed by atoms with Crippen LogP contribution in [0.2, 0.25) is 0 Å². The summed E-state index contributed by atoms with van der Waals surface area (Å²) in [7, 11) is 0. The number of carbonyl (C=O) groups excluding carboxylic acids is 3.